The van der Waals surface area contributed by atoms with Gasteiger partial charge >= 0.3 is 5.97 Å². The predicted molar refractivity (Wildman–Crippen MR) is 121 cm³/mol. The summed E-state index contributed by atoms with van der Waals surface area (Å²) in [6.45, 7) is 4.10. The van der Waals surface area contributed by atoms with Gasteiger partial charge in [-0.3, -0.25) is 4.79 Å². The van der Waals surface area contributed by atoms with Gasteiger partial charge in [0, 0.05) is 23.1 Å². The summed E-state index contributed by atoms with van der Waals surface area (Å²) in [6, 6.07) is 15.9. The second-order valence-electron chi connectivity index (χ2n) is 8.20. The van der Waals surface area contributed by atoms with Crippen LogP contribution < -0.4 is 0 Å². The van der Waals surface area contributed by atoms with Crippen molar-refractivity contribution < 1.29 is 19.0 Å². The molecule has 0 spiro atoms. The number of aliphatic hydroxyl groups is 1. The Labute approximate surface area is 186 Å². The number of hydrogen-bond donors (Lipinski definition) is 1. The maximum absolute atomic E-state index is 13.6. The van der Waals surface area contributed by atoms with E-state index in [2.05, 4.69) is 0 Å². The van der Waals surface area contributed by atoms with Crippen LogP contribution in [0.4, 0.5) is 4.39 Å². The van der Waals surface area contributed by atoms with E-state index in [-0.39, 0.29) is 18.2 Å². The fraction of sp³-hybridized carbons (Fsp3) is 0.269. The first-order valence-corrected chi connectivity index (χ1v) is 10.7. The molecule has 0 amide bonds. The van der Waals surface area contributed by atoms with Gasteiger partial charge in [-0.1, -0.05) is 50.3 Å². The van der Waals surface area contributed by atoms with Crippen LogP contribution in [0.1, 0.15) is 43.9 Å². The highest BCUT2D eigenvalue weighted by Crippen LogP contribution is 2.32. The minimum atomic E-state index is -0.719. The summed E-state index contributed by atoms with van der Waals surface area (Å²) in [5.41, 5.74) is 3.92. The molecule has 1 saturated heterocycles. The average Bonchev–Trinajstić information content (AvgIpc) is 2.77. The SMILES string of the molecule is CC(C)c1nc(-c2ccccc2)nc(-c2ccc(F)cc2)c1/C=C/[C@@H]1C[C@@H](O)CC(=O)O1. The standard InChI is InChI=1S/C26H25FN2O3/c1-16(2)24-22(13-12-21-14-20(30)15-23(31)32-21)25(17-8-10-19(27)11-9-17)29-26(28-24)18-6-4-3-5-7-18/h3-13,16,20-21,30H,14-15H2,1-2H3/b13-12+/t20-,21-/m1/s1. The fourth-order valence-corrected chi connectivity index (χ4v) is 3.77. The van der Waals surface area contributed by atoms with Gasteiger partial charge in [-0.05, 0) is 36.3 Å². The molecule has 32 heavy (non-hydrogen) atoms. The third-order valence-corrected chi connectivity index (χ3v) is 5.34. The number of esters is 1. The molecule has 4 rings (SSSR count). The monoisotopic (exact) mass is 432 g/mol. The Morgan fingerprint density at radius 1 is 1.06 bits per heavy atom. The van der Waals surface area contributed by atoms with E-state index < -0.39 is 18.2 Å². The number of halogens is 1. The topological polar surface area (TPSA) is 72.3 Å². The summed E-state index contributed by atoms with van der Waals surface area (Å²) in [5, 5.41) is 9.92. The minimum absolute atomic E-state index is 0.0112. The van der Waals surface area contributed by atoms with Crippen LogP contribution in [0.25, 0.3) is 28.7 Å². The molecule has 6 heteroatoms. The summed E-state index contributed by atoms with van der Waals surface area (Å²) in [4.78, 5) is 21.4. The van der Waals surface area contributed by atoms with Crippen molar-refractivity contribution in [3.05, 3.63) is 77.7 Å². The molecule has 0 radical (unpaired) electrons. The smallest absolute Gasteiger partial charge is 0.309 e. The molecule has 1 aromatic heterocycles. The molecule has 1 aliphatic heterocycles. The van der Waals surface area contributed by atoms with Gasteiger partial charge in [0.1, 0.15) is 11.9 Å². The number of aromatic nitrogens is 2. The number of carbonyl (C=O) groups is 1. The van der Waals surface area contributed by atoms with Crippen LogP contribution in [-0.4, -0.2) is 33.3 Å². The highest BCUT2D eigenvalue weighted by molar-refractivity contribution is 5.76. The zero-order valence-corrected chi connectivity index (χ0v) is 18.0. The van der Waals surface area contributed by atoms with Crippen LogP contribution in [0.3, 0.4) is 0 Å². The third kappa shape index (κ3) is 4.92. The lowest BCUT2D eigenvalue weighted by Crippen LogP contribution is -2.31. The van der Waals surface area contributed by atoms with Crippen LogP contribution in [0.15, 0.2) is 60.7 Å². The Kier molecular flexibility index (Phi) is 6.42. The largest absolute Gasteiger partial charge is 0.458 e. The molecular formula is C26H25FN2O3. The average molecular weight is 432 g/mol. The number of aliphatic hydroxyl groups excluding tert-OH is 1. The van der Waals surface area contributed by atoms with Crippen LogP contribution in [0.2, 0.25) is 0 Å². The van der Waals surface area contributed by atoms with Gasteiger partial charge in [0.15, 0.2) is 5.82 Å². The molecule has 5 nitrogen and oxygen atoms in total. The van der Waals surface area contributed by atoms with Crippen LogP contribution in [-0.2, 0) is 9.53 Å². The second-order valence-corrected chi connectivity index (χ2v) is 8.20. The lowest BCUT2D eigenvalue weighted by molar-refractivity contribution is -0.156. The molecule has 2 atom stereocenters. The van der Waals surface area contributed by atoms with Crippen LogP contribution in [0, 0.1) is 5.82 Å². The van der Waals surface area contributed by atoms with E-state index in [9.17, 15) is 14.3 Å². The highest BCUT2D eigenvalue weighted by Gasteiger charge is 2.26. The Balaban J connectivity index is 1.85. The first kappa shape index (κ1) is 21.8. The quantitative estimate of drug-likeness (QED) is 0.565. The van der Waals surface area contributed by atoms with E-state index >= 15 is 0 Å². The fourth-order valence-electron chi connectivity index (χ4n) is 3.77. The molecule has 0 unspecified atom stereocenters. The second kappa shape index (κ2) is 9.40. The van der Waals surface area contributed by atoms with Crippen LogP contribution in [0.5, 0.6) is 0 Å². The first-order valence-electron chi connectivity index (χ1n) is 10.7. The highest BCUT2D eigenvalue weighted by atomic mass is 19.1. The summed E-state index contributed by atoms with van der Waals surface area (Å²) < 4.78 is 19.0. The van der Waals surface area contributed by atoms with Crippen LogP contribution >= 0.6 is 0 Å². The molecule has 0 saturated carbocycles. The number of hydrogen-bond acceptors (Lipinski definition) is 5. The van der Waals surface area contributed by atoms with Gasteiger partial charge in [0.05, 0.1) is 23.9 Å². The van der Waals surface area contributed by atoms with Gasteiger partial charge in [0.25, 0.3) is 0 Å². The molecule has 3 aromatic rings. The van der Waals surface area contributed by atoms with E-state index in [4.69, 9.17) is 14.7 Å². The molecule has 1 fully saturated rings. The van der Waals surface area contributed by atoms with E-state index in [0.717, 1.165) is 22.4 Å². The number of nitrogens with zero attached hydrogens (tertiary/aromatic N) is 2. The van der Waals surface area contributed by atoms with Gasteiger partial charge in [0.2, 0.25) is 0 Å². The normalized spacial score (nSPS) is 18.8. The predicted octanol–water partition coefficient (Wildman–Crippen LogP) is 5.15. The van der Waals surface area contributed by atoms with E-state index in [1.807, 2.05) is 50.3 Å². The van der Waals surface area contributed by atoms with Crippen molar-refractivity contribution in [3.8, 4) is 22.6 Å². The molecule has 1 aliphatic rings. The number of rotatable bonds is 5. The maximum Gasteiger partial charge on any atom is 0.309 e. The molecule has 2 aromatic carbocycles. The van der Waals surface area contributed by atoms with Crippen molar-refractivity contribution in [3.63, 3.8) is 0 Å². The number of benzene rings is 2. The number of carbonyl (C=O) groups excluding carboxylic acids is 1. The van der Waals surface area contributed by atoms with E-state index in [0.29, 0.717) is 17.9 Å². The first-order chi connectivity index (χ1) is 15.4. The van der Waals surface area contributed by atoms with Crippen molar-refractivity contribution in [2.75, 3.05) is 0 Å². The van der Waals surface area contributed by atoms with Crippen molar-refractivity contribution in [2.45, 2.75) is 44.8 Å². The van der Waals surface area contributed by atoms with Crippen molar-refractivity contribution in [2.24, 2.45) is 0 Å². The molecular weight excluding hydrogens is 407 g/mol. The van der Waals surface area contributed by atoms with E-state index in [1.165, 1.54) is 12.1 Å². The molecule has 0 bridgehead atoms. The third-order valence-electron chi connectivity index (χ3n) is 5.34. The van der Waals surface area contributed by atoms with Gasteiger partial charge < -0.3 is 9.84 Å². The molecule has 2 heterocycles. The van der Waals surface area contributed by atoms with E-state index in [1.54, 1.807) is 18.2 Å². The lowest BCUT2D eigenvalue weighted by Gasteiger charge is -2.23. The Morgan fingerprint density at radius 3 is 2.44 bits per heavy atom. The van der Waals surface area contributed by atoms with Gasteiger partial charge in [-0.15, -0.1) is 0 Å². The summed E-state index contributed by atoms with van der Waals surface area (Å²) in [5.74, 6) is -0.0728. The van der Waals surface area contributed by atoms with Gasteiger partial charge in [-0.25, -0.2) is 14.4 Å². The molecule has 1 N–H and O–H groups in total. The summed E-state index contributed by atoms with van der Waals surface area (Å²) in [7, 11) is 0. The zero-order valence-electron chi connectivity index (χ0n) is 18.0. The van der Waals surface area contributed by atoms with Crippen molar-refractivity contribution >= 4 is 12.0 Å². The van der Waals surface area contributed by atoms with Gasteiger partial charge in [-0.2, -0.15) is 0 Å². The van der Waals surface area contributed by atoms with Crippen molar-refractivity contribution in [1.29, 1.82) is 0 Å². The Morgan fingerprint density at radius 2 is 1.78 bits per heavy atom. The lowest BCUT2D eigenvalue weighted by atomic mass is 9.96. The minimum Gasteiger partial charge on any atom is -0.458 e. The Hall–Kier alpha value is -3.38. The maximum atomic E-state index is 13.6. The molecule has 164 valence electrons. The Bertz CT molecular complexity index is 1130. The summed E-state index contributed by atoms with van der Waals surface area (Å²) in [6.07, 6.45) is 2.72. The molecule has 0 aliphatic carbocycles. The van der Waals surface area contributed by atoms with Crippen molar-refractivity contribution in [1.82, 2.24) is 9.97 Å². The zero-order chi connectivity index (χ0) is 22.7. The number of cyclic esters (lactones) is 1. The number of ether oxygens (including phenoxy) is 1. The summed E-state index contributed by atoms with van der Waals surface area (Å²) >= 11 is 0.